The Kier molecular flexibility index (Phi) is 22.3. The van der Waals surface area contributed by atoms with Crippen molar-refractivity contribution in [2.24, 2.45) is 17.6 Å². The average Bonchev–Trinajstić information content (AvgIpc) is 4.21. The topological polar surface area (TPSA) is 339 Å². The standard InChI is InChI=1S/C25H35N3O10S.C20H27N3O8S/c1-6-17-15-25(17,27-23(32)38-24(2,3)4)22(31)28-39(33,34)19-10-8-7-9-18(19)26-20(29)16-37-14-13-36-12-11-21(30)35-5;1-3-14-12-20(14,21)19(26)23-32(27,28)16-7-5-4-6-15(16)22-17(24)13-31-11-10-30-9-8-18(25)29-2/h6-10,17H,1,11-16H2,2-5H3,(H,26,29)(H,27,32)(H,28,31);3-7,14H,1,8-13,21H2,2H3,(H,22,24)(H,23,26)/t17-,25-;14-,20-/m11/s1. The number of esters is 2. The molecule has 2 aliphatic carbocycles. The van der Waals surface area contributed by atoms with Crippen LogP contribution in [0.5, 0.6) is 0 Å². The lowest BCUT2D eigenvalue weighted by Crippen LogP contribution is -2.52. The Balaban J connectivity index is 0.000000383. The van der Waals surface area contributed by atoms with E-state index in [0.717, 1.165) is 0 Å². The molecule has 0 heterocycles. The summed E-state index contributed by atoms with van der Waals surface area (Å²) < 4.78 is 90.5. The van der Waals surface area contributed by atoms with E-state index in [1.165, 1.54) is 74.9 Å². The normalized spacial score (nSPS) is 19.0. The van der Waals surface area contributed by atoms with Gasteiger partial charge in [0, 0.05) is 11.8 Å². The van der Waals surface area contributed by atoms with Crippen LogP contribution in [0, 0.1) is 11.8 Å². The molecule has 0 aromatic heterocycles. The van der Waals surface area contributed by atoms with Gasteiger partial charge < -0.3 is 54.8 Å². The minimum Gasteiger partial charge on any atom is -0.469 e. The summed E-state index contributed by atoms with van der Waals surface area (Å²) in [5, 5.41) is 7.36. The SMILES string of the molecule is C=C[C@@H]1C[C@]1(N)C(=O)NS(=O)(=O)c1ccccc1NC(=O)COCCOCCC(=O)OC.C=C[C@@H]1C[C@]1(NC(=O)OC(C)(C)C)C(=O)NS(=O)(=O)c1ccccc1NC(=O)COCCOCCC(=O)OC. The molecule has 71 heavy (non-hydrogen) atoms. The average molecular weight is 1040 g/mol. The van der Waals surface area contributed by atoms with Crippen LogP contribution in [-0.2, 0) is 82.0 Å². The number of benzene rings is 2. The fourth-order valence-electron chi connectivity index (χ4n) is 6.19. The second-order valence-electron chi connectivity index (χ2n) is 16.7. The summed E-state index contributed by atoms with van der Waals surface area (Å²) in [6.07, 6.45) is 2.72. The number of nitrogens with two attached hydrogens (primary N) is 1. The Hall–Kier alpha value is -6.29. The lowest BCUT2D eigenvalue weighted by Gasteiger charge is -2.23. The third-order valence-corrected chi connectivity index (χ3v) is 12.9. The fraction of sp³-hybridized carbons (Fsp3) is 0.489. The van der Waals surface area contributed by atoms with Crippen LogP contribution in [-0.4, -0.2) is 142 Å². The lowest BCUT2D eigenvalue weighted by atomic mass is 10.2. The van der Waals surface area contributed by atoms with Crippen LogP contribution in [0.1, 0.15) is 46.5 Å². The second-order valence-corrected chi connectivity index (χ2v) is 20.0. The number of rotatable bonds is 27. The molecule has 2 aromatic rings. The van der Waals surface area contributed by atoms with Crippen molar-refractivity contribution >= 4 is 73.1 Å². The van der Waals surface area contributed by atoms with Gasteiger partial charge in [-0.25, -0.2) is 31.1 Å². The van der Waals surface area contributed by atoms with Gasteiger partial charge in [-0.3, -0.25) is 28.8 Å². The number of sulfonamides is 2. The van der Waals surface area contributed by atoms with Gasteiger partial charge in [-0.2, -0.15) is 0 Å². The predicted octanol–water partition coefficient (Wildman–Crippen LogP) is 1.43. The number of anilines is 2. The zero-order valence-electron chi connectivity index (χ0n) is 40.1. The summed E-state index contributed by atoms with van der Waals surface area (Å²) >= 11 is 0. The van der Waals surface area contributed by atoms with Crippen LogP contribution in [0.2, 0.25) is 0 Å². The van der Waals surface area contributed by atoms with Crippen molar-refractivity contribution < 1.29 is 83.6 Å². The van der Waals surface area contributed by atoms with Gasteiger partial charge in [-0.15, -0.1) is 13.2 Å². The van der Waals surface area contributed by atoms with Crippen molar-refractivity contribution in [2.75, 3.05) is 77.7 Å². The van der Waals surface area contributed by atoms with Gasteiger partial charge in [0.2, 0.25) is 11.8 Å². The maximum Gasteiger partial charge on any atom is 0.408 e. The van der Waals surface area contributed by atoms with Crippen LogP contribution in [0.15, 0.2) is 83.6 Å². The first-order valence-electron chi connectivity index (χ1n) is 21.8. The van der Waals surface area contributed by atoms with Gasteiger partial charge in [0.25, 0.3) is 31.9 Å². The lowest BCUT2D eigenvalue weighted by molar-refractivity contribution is -0.142. The van der Waals surface area contributed by atoms with Crippen LogP contribution in [0.25, 0.3) is 0 Å². The van der Waals surface area contributed by atoms with Crippen LogP contribution in [0.4, 0.5) is 16.2 Å². The van der Waals surface area contributed by atoms with E-state index in [-0.39, 0.29) is 92.6 Å². The molecule has 0 spiro atoms. The summed E-state index contributed by atoms with van der Waals surface area (Å²) in [5.74, 6) is -4.64. The first-order chi connectivity index (χ1) is 33.4. The Morgan fingerprint density at radius 2 is 1.07 bits per heavy atom. The molecular formula is C45H62N6O18S2. The number of methoxy groups -OCH3 is 2. The maximum atomic E-state index is 13.1. The van der Waals surface area contributed by atoms with Gasteiger partial charge in [0.1, 0.15) is 39.7 Å². The molecule has 2 saturated carbocycles. The van der Waals surface area contributed by atoms with Gasteiger partial charge in [0.15, 0.2) is 0 Å². The molecule has 0 unspecified atom stereocenters. The van der Waals surface area contributed by atoms with E-state index < -0.39 is 90.9 Å². The third kappa shape index (κ3) is 18.8. The highest BCUT2D eigenvalue weighted by molar-refractivity contribution is 7.90. The number of carbonyl (C=O) groups excluding carboxylic acids is 7. The van der Waals surface area contributed by atoms with Crippen molar-refractivity contribution in [2.45, 2.75) is 72.9 Å². The number of amides is 5. The minimum atomic E-state index is -4.47. The van der Waals surface area contributed by atoms with E-state index in [0.29, 0.717) is 6.42 Å². The maximum absolute atomic E-state index is 13.1. The van der Waals surface area contributed by atoms with E-state index in [1.54, 1.807) is 20.8 Å². The van der Waals surface area contributed by atoms with Crippen molar-refractivity contribution in [1.82, 2.24) is 14.8 Å². The predicted molar refractivity (Wildman–Crippen MR) is 253 cm³/mol. The number of hydrogen-bond acceptors (Lipinski definition) is 19. The minimum absolute atomic E-state index is 0.0159. The third-order valence-electron chi connectivity index (χ3n) is 10.1. The summed E-state index contributed by atoms with van der Waals surface area (Å²) in [4.78, 5) is 83.5. The summed E-state index contributed by atoms with van der Waals surface area (Å²) in [6.45, 7) is 12.1. The Bertz CT molecular complexity index is 2480. The Labute approximate surface area is 412 Å². The van der Waals surface area contributed by atoms with Crippen LogP contribution in [0.3, 0.4) is 0 Å². The molecular weight excluding hydrogens is 977 g/mol. The molecule has 0 aliphatic heterocycles. The highest BCUT2D eigenvalue weighted by atomic mass is 32.2. The Morgan fingerprint density at radius 3 is 1.46 bits per heavy atom. The van der Waals surface area contributed by atoms with E-state index in [9.17, 15) is 50.4 Å². The number of nitrogens with one attached hydrogen (secondary N) is 5. The van der Waals surface area contributed by atoms with E-state index in [1.807, 2.05) is 9.44 Å². The molecule has 2 fully saturated rings. The Morgan fingerprint density at radius 1 is 0.648 bits per heavy atom. The van der Waals surface area contributed by atoms with Crippen LogP contribution < -0.4 is 31.1 Å². The molecule has 4 atom stereocenters. The molecule has 24 nitrogen and oxygen atoms in total. The van der Waals surface area contributed by atoms with Crippen LogP contribution >= 0.6 is 0 Å². The van der Waals surface area contributed by atoms with Crippen molar-refractivity contribution in [1.29, 1.82) is 0 Å². The number of carbonyl (C=O) groups is 7. The second kappa shape index (κ2) is 26.8. The monoisotopic (exact) mass is 1040 g/mol. The largest absolute Gasteiger partial charge is 0.469 e. The number of ether oxygens (including phenoxy) is 7. The highest BCUT2D eigenvalue weighted by Crippen LogP contribution is 2.45. The zero-order chi connectivity index (χ0) is 53.0. The zero-order valence-corrected chi connectivity index (χ0v) is 41.7. The molecule has 2 aromatic carbocycles. The highest BCUT2D eigenvalue weighted by Gasteiger charge is 2.61. The first kappa shape index (κ1) is 59.0. The number of alkyl carbamates (subject to hydrolysis) is 1. The molecule has 0 saturated heterocycles. The summed E-state index contributed by atoms with van der Waals surface area (Å²) in [7, 11) is -6.20. The molecule has 5 amide bonds. The summed E-state index contributed by atoms with van der Waals surface area (Å²) in [6, 6.07) is 11.1. The van der Waals surface area contributed by atoms with Crippen molar-refractivity contribution in [3.05, 3.63) is 73.8 Å². The number of para-hydroxylation sites is 2. The van der Waals surface area contributed by atoms with Gasteiger partial charge in [-0.1, -0.05) is 36.4 Å². The van der Waals surface area contributed by atoms with E-state index in [2.05, 4.69) is 38.6 Å². The smallest absolute Gasteiger partial charge is 0.408 e. The van der Waals surface area contributed by atoms with Gasteiger partial charge in [-0.05, 0) is 57.9 Å². The number of hydrogen-bond donors (Lipinski definition) is 6. The molecule has 26 heteroatoms. The molecule has 0 bridgehead atoms. The molecule has 2 aliphatic rings. The van der Waals surface area contributed by atoms with E-state index >= 15 is 0 Å². The van der Waals surface area contributed by atoms with Crippen molar-refractivity contribution in [3.8, 4) is 0 Å². The summed E-state index contributed by atoms with van der Waals surface area (Å²) in [5.41, 5.74) is 2.13. The van der Waals surface area contributed by atoms with Gasteiger partial charge >= 0.3 is 18.0 Å². The fourth-order valence-corrected chi connectivity index (χ4v) is 8.60. The van der Waals surface area contributed by atoms with E-state index in [4.69, 9.17) is 29.4 Å². The molecule has 0 radical (unpaired) electrons. The quantitative estimate of drug-likeness (QED) is 0.0319. The molecule has 4 rings (SSSR count). The van der Waals surface area contributed by atoms with Crippen molar-refractivity contribution in [3.63, 3.8) is 0 Å². The van der Waals surface area contributed by atoms with Gasteiger partial charge in [0.05, 0.1) is 78.1 Å². The first-order valence-corrected chi connectivity index (χ1v) is 24.8. The molecule has 392 valence electrons. The molecule has 7 N–H and O–H groups in total.